The second kappa shape index (κ2) is 14.3. The average molecular weight is 643 g/mol. The number of hydrogen-bond donors (Lipinski definition) is 2. The summed E-state index contributed by atoms with van der Waals surface area (Å²) in [5, 5.41) is 19.8. The summed E-state index contributed by atoms with van der Waals surface area (Å²) >= 11 is -1.55. The van der Waals surface area contributed by atoms with Crippen molar-refractivity contribution in [1.29, 1.82) is 0 Å². The van der Waals surface area contributed by atoms with Gasteiger partial charge in [-0.2, -0.15) is 22.0 Å². The summed E-state index contributed by atoms with van der Waals surface area (Å²) < 4.78 is 91.6. The molecule has 3 atom stereocenters. The van der Waals surface area contributed by atoms with Gasteiger partial charge in [0.1, 0.15) is 34.5 Å². The lowest BCUT2D eigenvalue weighted by Gasteiger charge is -2.43. The van der Waals surface area contributed by atoms with Crippen LogP contribution in [0.25, 0.3) is 0 Å². The van der Waals surface area contributed by atoms with Crippen LogP contribution in [0.15, 0.2) is 66.7 Å². The van der Waals surface area contributed by atoms with Crippen LogP contribution in [0.1, 0.15) is 48.8 Å². The minimum atomic E-state index is -5.60. The first-order valence-corrected chi connectivity index (χ1v) is 15.6. The van der Waals surface area contributed by atoms with E-state index in [1.165, 1.54) is 0 Å². The van der Waals surface area contributed by atoms with E-state index in [2.05, 4.69) is 6.92 Å². The Morgan fingerprint density at radius 3 is 2.25 bits per heavy atom. The molecule has 1 aliphatic rings. The van der Waals surface area contributed by atoms with Crippen LogP contribution in [0.4, 0.5) is 22.0 Å². The van der Waals surface area contributed by atoms with Crippen LogP contribution < -0.4 is 9.47 Å². The van der Waals surface area contributed by atoms with Gasteiger partial charge in [-0.3, -0.25) is 0 Å². The lowest BCUT2D eigenvalue weighted by molar-refractivity contribution is -0.284. The molecule has 0 spiro atoms. The van der Waals surface area contributed by atoms with Crippen molar-refractivity contribution >= 4 is 11.2 Å². The maximum atomic E-state index is 12.9. The number of rotatable bonds is 14. The molecule has 1 heterocycles. The quantitative estimate of drug-likeness (QED) is 0.111. The predicted octanol–water partition coefficient (Wildman–Crippen LogP) is 7.09. The Bertz CT molecular complexity index is 1350. The summed E-state index contributed by atoms with van der Waals surface area (Å²) in [5.41, 5.74) is 2.46. The third-order valence-corrected chi connectivity index (χ3v) is 9.01. The van der Waals surface area contributed by atoms with Crippen molar-refractivity contribution in [2.75, 3.05) is 37.9 Å². The van der Waals surface area contributed by atoms with Crippen molar-refractivity contribution in [3.8, 4) is 23.0 Å². The van der Waals surface area contributed by atoms with Crippen LogP contribution >= 0.6 is 0 Å². The van der Waals surface area contributed by atoms with Gasteiger partial charge >= 0.3 is 12.1 Å². The van der Waals surface area contributed by atoms with Gasteiger partial charge in [-0.15, -0.1) is 0 Å². The Kier molecular flexibility index (Phi) is 10.9. The third kappa shape index (κ3) is 8.28. The number of hydrogen-bond acceptors (Lipinski definition) is 6. The van der Waals surface area contributed by atoms with Gasteiger partial charge in [0.15, 0.2) is 0 Å². The van der Waals surface area contributed by atoms with Crippen LogP contribution in [-0.4, -0.2) is 64.8 Å². The topological polar surface area (TPSA) is 91.2 Å². The highest BCUT2D eigenvalue weighted by atomic mass is 32.2. The van der Waals surface area contributed by atoms with E-state index in [1.54, 1.807) is 24.3 Å². The zero-order chi connectivity index (χ0) is 32.0. The molecule has 3 unspecified atom stereocenters. The minimum Gasteiger partial charge on any atom is -0.616 e. The number of ether oxygens (including phenoxy) is 3. The van der Waals surface area contributed by atoms with E-state index >= 15 is 0 Å². The highest BCUT2D eigenvalue weighted by molar-refractivity contribution is 7.91. The number of phenolic OH excluding ortho intramolecular Hbond substituents is 2. The lowest BCUT2D eigenvalue weighted by atomic mass is 9.65. The van der Waals surface area contributed by atoms with E-state index in [9.17, 15) is 36.7 Å². The van der Waals surface area contributed by atoms with E-state index in [0.717, 1.165) is 16.7 Å². The van der Waals surface area contributed by atoms with E-state index in [4.69, 9.17) is 14.2 Å². The van der Waals surface area contributed by atoms with Crippen molar-refractivity contribution in [3.63, 3.8) is 0 Å². The number of aromatic hydroxyl groups is 2. The molecule has 3 aromatic carbocycles. The Labute approximate surface area is 256 Å². The highest BCUT2D eigenvalue weighted by Gasteiger charge is 2.56. The maximum Gasteiger partial charge on any atom is 0.453 e. The Morgan fingerprint density at radius 1 is 0.886 bits per heavy atom. The summed E-state index contributed by atoms with van der Waals surface area (Å²) in [6, 6.07) is 19.9. The minimum absolute atomic E-state index is 0.0535. The summed E-state index contributed by atoms with van der Waals surface area (Å²) in [5.74, 6) is -3.54. The molecule has 0 saturated carbocycles. The number of benzene rings is 3. The molecule has 4 rings (SSSR count). The standard InChI is InChI=1S/C32H35F5O6S/c1-30(23-6-8-24(38)9-7-23)21-43-28-20-25(39)10-13-27(28)29(30)22-4-11-26(12-5-22)42-16-3-15-41-17-19-44(40)18-2-14-31(33,34)32(35,36)37/h4-13,20,29,38-39H,2-3,14-19,21H2,1H3. The van der Waals surface area contributed by atoms with Gasteiger partial charge in [-0.25, -0.2) is 0 Å². The molecule has 1 aliphatic heterocycles. The maximum absolute atomic E-state index is 12.9. The lowest BCUT2D eigenvalue weighted by Crippen LogP contribution is -2.40. The van der Waals surface area contributed by atoms with Gasteiger partial charge in [-0.05, 0) is 47.9 Å². The molecule has 44 heavy (non-hydrogen) atoms. The molecule has 240 valence electrons. The van der Waals surface area contributed by atoms with Gasteiger partial charge in [0.25, 0.3) is 0 Å². The molecule has 0 radical (unpaired) electrons. The first-order valence-electron chi connectivity index (χ1n) is 14.2. The normalized spacial score (nSPS) is 19.2. The van der Waals surface area contributed by atoms with Crippen molar-refractivity contribution in [1.82, 2.24) is 0 Å². The van der Waals surface area contributed by atoms with Crippen molar-refractivity contribution in [3.05, 3.63) is 83.4 Å². The molecule has 0 saturated heterocycles. The summed E-state index contributed by atoms with van der Waals surface area (Å²) in [6.07, 6.45) is -6.94. The smallest absolute Gasteiger partial charge is 0.453 e. The van der Waals surface area contributed by atoms with Gasteiger partial charge in [0.05, 0.1) is 26.4 Å². The fourth-order valence-corrected chi connectivity index (χ4v) is 6.21. The van der Waals surface area contributed by atoms with Gasteiger partial charge in [0, 0.05) is 35.8 Å². The number of alkyl halides is 5. The molecule has 0 aliphatic carbocycles. The zero-order valence-corrected chi connectivity index (χ0v) is 24.9. The van der Waals surface area contributed by atoms with Crippen molar-refractivity contribution in [2.45, 2.75) is 49.6 Å². The molecule has 0 bridgehead atoms. The van der Waals surface area contributed by atoms with Gasteiger partial charge < -0.3 is 29.0 Å². The van der Waals surface area contributed by atoms with E-state index in [-0.39, 0.29) is 35.5 Å². The second-order valence-corrected chi connectivity index (χ2v) is 12.6. The fourth-order valence-electron chi connectivity index (χ4n) is 5.24. The van der Waals surface area contributed by atoms with Crippen molar-refractivity contribution < 1.29 is 50.9 Å². The highest BCUT2D eigenvalue weighted by Crippen LogP contribution is 2.51. The summed E-state index contributed by atoms with van der Waals surface area (Å²) in [6.45, 7) is 3.21. The second-order valence-electron chi connectivity index (χ2n) is 10.9. The molecule has 0 amide bonds. The first kappa shape index (κ1) is 33.7. The molecule has 3 aromatic rings. The van der Waals surface area contributed by atoms with Crippen molar-refractivity contribution in [2.24, 2.45) is 0 Å². The molecule has 0 fully saturated rings. The average Bonchev–Trinajstić information content (AvgIpc) is 2.97. The van der Waals surface area contributed by atoms with Crippen LogP contribution in [0, 0.1) is 0 Å². The SMILES string of the molecule is CC1(c2ccc(O)cc2)COc2cc(O)ccc2C1c1ccc(OCCCOCC[S+]([O-])CCCC(F)(F)C(F)(F)F)cc1. The molecule has 12 heteroatoms. The first-order chi connectivity index (χ1) is 20.8. The largest absolute Gasteiger partial charge is 0.616 e. The van der Waals surface area contributed by atoms with Gasteiger partial charge in [0.2, 0.25) is 0 Å². The number of halogens is 5. The van der Waals surface area contributed by atoms with Crippen LogP contribution in [0.5, 0.6) is 23.0 Å². The molecule has 6 nitrogen and oxygen atoms in total. The van der Waals surface area contributed by atoms with E-state index in [1.807, 2.05) is 42.5 Å². The molecule has 2 N–H and O–H groups in total. The van der Waals surface area contributed by atoms with E-state index < -0.39 is 41.5 Å². The Hall–Kier alpha value is -3.22. The molecule has 0 aromatic heterocycles. The number of fused-ring (bicyclic) bond motifs is 1. The summed E-state index contributed by atoms with van der Waals surface area (Å²) in [4.78, 5) is 0. The summed E-state index contributed by atoms with van der Waals surface area (Å²) in [7, 11) is 0. The van der Waals surface area contributed by atoms with Gasteiger partial charge in [-0.1, -0.05) is 48.4 Å². The number of phenols is 2. The zero-order valence-electron chi connectivity index (χ0n) is 24.1. The molecular formula is C32H35F5O6S. The molecular weight excluding hydrogens is 607 g/mol. The van der Waals surface area contributed by atoms with Crippen LogP contribution in [-0.2, 0) is 21.3 Å². The fraction of sp³-hybridized carbons (Fsp3) is 0.438. The third-order valence-electron chi connectivity index (χ3n) is 7.65. The van der Waals surface area contributed by atoms with Crippen LogP contribution in [0.2, 0.25) is 0 Å². The van der Waals surface area contributed by atoms with Crippen LogP contribution in [0.3, 0.4) is 0 Å². The predicted molar refractivity (Wildman–Crippen MR) is 156 cm³/mol. The Balaban J connectivity index is 1.26. The Morgan fingerprint density at radius 2 is 1.57 bits per heavy atom. The van der Waals surface area contributed by atoms with E-state index in [0.29, 0.717) is 37.7 Å². The monoisotopic (exact) mass is 642 g/mol.